The van der Waals surface area contributed by atoms with Crippen LogP contribution in [0.1, 0.15) is 50.5 Å². The summed E-state index contributed by atoms with van der Waals surface area (Å²) in [7, 11) is 0. The number of hydrogen-bond acceptors (Lipinski definition) is 3. The highest BCUT2D eigenvalue weighted by Gasteiger charge is 2.08. The van der Waals surface area contributed by atoms with Gasteiger partial charge in [-0.15, -0.1) is 11.3 Å². The summed E-state index contributed by atoms with van der Waals surface area (Å²) >= 11 is 1.64. The standard InChI is InChI=1S/C16H21NOS/c1-2-3-4-5-6-9-13(18)12-16-17-14-10-7-8-11-15(14)19-16/h7-8,10-11H,2-6,9,12H2,1H3. The highest BCUT2D eigenvalue weighted by atomic mass is 32.1. The van der Waals surface area contributed by atoms with Gasteiger partial charge in [0.05, 0.1) is 16.6 Å². The number of thiazole rings is 1. The van der Waals surface area contributed by atoms with Crippen LogP contribution in [0.2, 0.25) is 0 Å². The molecule has 0 fully saturated rings. The number of para-hydroxylation sites is 1. The molecule has 0 unspecified atom stereocenters. The van der Waals surface area contributed by atoms with Crippen molar-refractivity contribution in [3.05, 3.63) is 29.3 Å². The Labute approximate surface area is 118 Å². The number of benzene rings is 1. The molecule has 0 aliphatic rings. The van der Waals surface area contributed by atoms with Crippen LogP contribution in [0.15, 0.2) is 24.3 Å². The topological polar surface area (TPSA) is 30.0 Å². The van der Waals surface area contributed by atoms with Crippen LogP contribution in [-0.4, -0.2) is 10.8 Å². The molecule has 0 spiro atoms. The van der Waals surface area contributed by atoms with Gasteiger partial charge in [-0.2, -0.15) is 0 Å². The van der Waals surface area contributed by atoms with Gasteiger partial charge in [0.15, 0.2) is 0 Å². The van der Waals surface area contributed by atoms with E-state index in [4.69, 9.17) is 0 Å². The van der Waals surface area contributed by atoms with Gasteiger partial charge in [-0.05, 0) is 18.6 Å². The van der Waals surface area contributed by atoms with Gasteiger partial charge in [0, 0.05) is 6.42 Å². The van der Waals surface area contributed by atoms with Crippen LogP contribution in [-0.2, 0) is 11.2 Å². The number of aromatic nitrogens is 1. The van der Waals surface area contributed by atoms with Gasteiger partial charge in [-0.1, -0.05) is 44.7 Å². The Morgan fingerprint density at radius 3 is 2.74 bits per heavy atom. The van der Waals surface area contributed by atoms with E-state index >= 15 is 0 Å². The number of hydrogen-bond donors (Lipinski definition) is 0. The lowest BCUT2D eigenvalue weighted by atomic mass is 10.1. The van der Waals surface area contributed by atoms with Crippen molar-refractivity contribution in [3.63, 3.8) is 0 Å². The van der Waals surface area contributed by atoms with Gasteiger partial charge >= 0.3 is 0 Å². The van der Waals surface area contributed by atoms with Crippen LogP contribution in [0.3, 0.4) is 0 Å². The van der Waals surface area contributed by atoms with E-state index in [9.17, 15) is 4.79 Å². The fraction of sp³-hybridized carbons (Fsp3) is 0.500. The predicted octanol–water partition coefficient (Wildman–Crippen LogP) is 4.77. The summed E-state index contributed by atoms with van der Waals surface area (Å²) in [5.41, 5.74) is 1.01. The molecule has 0 aliphatic carbocycles. The van der Waals surface area contributed by atoms with Crippen molar-refractivity contribution >= 4 is 27.3 Å². The molecule has 0 N–H and O–H groups in total. The molecular weight excluding hydrogens is 254 g/mol. The van der Waals surface area contributed by atoms with Crippen LogP contribution in [0.5, 0.6) is 0 Å². The minimum absolute atomic E-state index is 0.329. The summed E-state index contributed by atoms with van der Waals surface area (Å²) in [4.78, 5) is 16.4. The minimum atomic E-state index is 0.329. The molecule has 19 heavy (non-hydrogen) atoms. The van der Waals surface area contributed by atoms with Crippen molar-refractivity contribution in [3.8, 4) is 0 Å². The molecule has 1 aromatic carbocycles. The number of rotatable bonds is 8. The molecular formula is C16H21NOS. The molecule has 0 aliphatic heterocycles. The smallest absolute Gasteiger partial charge is 0.139 e. The first-order valence-corrected chi connectivity index (χ1v) is 7.97. The van der Waals surface area contributed by atoms with E-state index in [1.54, 1.807) is 11.3 Å². The second-order valence-corrected chi connectivity index (χ2v) is 6.07. The summed E-state index contributed by atoms with van der Waals surface area (Å²) in [6, 6.07) is 8.07. The monoisotopic (exact) mass is 275 g/mol. The van der Waals surface area contributed by atoms with Crippen LogP contribution >= 0.6 is 11.3 Å². The molecule has 1 aromatic heterocycles. The number of ketones is 1. The Morgan fingerprint density at radius 1 is 1.16 bits per heavy atom. The molecule has 1 heterocycles. The summed E-state index contributed by atoms with van der Waals surface area (Å²) in [5, 5.41) is 0.958. The van der Waals surface area contributed by atoms with E-state index in [1.807, 2.05) is 18.2 Å². The van der Waals surface area contributed by atoms with E-state index in [2.05, 4.69) is 18.0 Å². The molecule has 0 saturated carbocycles. The maximum Gasteiger partial charge on any atom is 0.139 e. The lowest BCUT2D eigenvalue weighted by Gasteiger charge is -1.99. The Balaban J connectivity index is 1.78. The normalized spacial score (nSPS) is 11.0. The highest BCUT2D eigenvalue weighted by molar-refractivity contribution is 7.18. The second kappa shape index (κ2) is 7.39. The fourth-order valence-electron chi connectivity index (χ4n) is 2.18. The Morgan fingerprint density at radius 2 is 1.95 bits per heavy atom. The van der Waals surface area contributed by atoms with Gasteiger partial charge in [-0.25, -0.2) is 4.98 Å². The van der Waals surface area contributed by atoms with E-state index in [0.29, 0.717) is 18.6 Å². The quantitative estimate of drug-likeness (QED) is 0.650. The Hall–Kier alpha value is -1.22. The van der Waals surface area contributed by atoms with Crippen molar-refractivity contribution in [2.45, 2.75) is 51.9 Å². The molecule has 0 saturated heterocycles. The molecule has 2 aromatic rings. The largest absolute Gasteiger partial charge is 0.299 e. The van der Waals surface area contributed by atoms with Crippen LogP contribution in [0, 0.1) is 0 Å². The van der Waals surface area contributed by atoms with Crippen LogP contribution in [0.25, 0.3) is 10.2 Å². The van der Waals surface area contributed by atoms with Crippen molar-refractivity contribution in [1.82, 2.24) is 4.98 Å². The van der Waals surface area contributed by atoms with Crippen molar-refractivity contribution < 1.29 is 4.79 Å². The van der Waals surface area contributed by atoms with Gasteiger partial charge < -0.3 is 0 Å². The third kappa shape index (κ3) is 4.43. The number of nitrogens with zero attached hydrogens (tertiary/aromatic N) is 1. The minimum Gasteiger partial charge on any atom is -0.299 e. The van der Waals surface area contributed by atoms with Crippen molar-refractivity contribution in [2.24, 2.45) is 0 Å². The molecule has 0 bridgehead atoms. The summed E-state index contributed by atoms with van der Waals surface area (Å²) in [6.45, 7) is 2.21. The number of unbranched alkanes of at least 4 members (excludes halogenated alkanes) is 4. The zero-order valence-electron chi connectivity index (χ0n) is 11.5. The van der Waals surface area contributed by atoms with Gasteiger partial charge in [0.2, 0.25) is 0 Å². The Bertz CT molecular complexity index is 499. The Kier molecular flexibility index (Phi) is 5.52. The fourth-order valence-corrected chi connectivity index (χ4v) is 3.17. The first kappa shape index (κ1) is 14.2. The first-order chi connectivity index (χ1) is 9.29. The molecule has 0 radical (unpaired) electrons. The first-order valence-electron chi connectivity index (χ1n) is 7.15. The van der Waals surface area contributed by atoms with E-state index in [-0.39, 0.29) is 0 Å². The maximum atomic E-state index is 11.9. The predicted molar refractivity (Wildman–Crippen MR) is 81.7 cm³/mol. The zero-order chi connectivity index (χ0) is 13.5. The number of Topliss-reactive ketones (excluding diaryl/α,β-unsaturated/α-hetero) is 1. The number of carbonyl (C=O) groups is 1. The molecule has 0 amide bonds. The second-order valence-electron chi connectivity index (χ2n) is 4.95. The van der Waals surface area contributed by atoms with E-state index in [1.165, 1.54) is 30.4 Å². The maximum absolute atomic E-state index is 11.9. The van der Waals surface area contributed by atoms with Gasteiger partial charge in [0.1, 0.15) is 10.8 Å². The van der Waals surface area contributed by atoms with Crippen LogP contribution < -0.4 is 0 Å². The average Bonchev–Trinajstić information content (AvgIpc) is 2.80. The van der Waals surface area contributed by atoms with Gasteiger partial charge in [0.25, 0.3) is 0 Å². The third-order valence-corrected chi connectivity index (χ3v) is 4.28. The molecule has 2 nitrogen and oxygen atoms in total. The molecule has 2 rings (SSSR count). The summed E-state index contributed by atoms with van der Waals surface area (Å²) in [6.07, 6.45) is 7.21. The van der Waals surface area contributed by atoms with Crippen LogP contribution in [0.4, 0.5) is 0 Å². The van der Waals surface area contributed by atoms with E-state index < -0.39 is 0 Å². The number of carbonyl (C=O) groups excluding carboxylic acids is 1. The SMILES string of the molecule is CCCCCCCC(=O)Cc1nc2ccccc2s1. The lowest BCUT2D eigenvalue weighted by Crippen LogP contribution is -2.01. The van der Waals surface area contributed by atoms with Crippen molar-refractivity contribution in [2.75, 3.05) is 0 Å². The average molecular weight is 275 g/mol. The molecule has 3 heteroatoms. The summed E-state index contributed by atoms with van der Waals surface area (Å²) in [5.74, 6) is 0.329. The summed E-state index contributed by atoms with van der Waals surface area (Å²) < 4.78 is 1.17. The lowest BCUT2D eigenvalue weighted by molar-refractivity contribution is -0.118. The van der Waals surface area contributed by atoms with Crippen molar-refractivity contribution in [1.29, 1.82) is 0 Å². The highest BCUT2D eigenvalue weighted by Crippen LogP contribution is 2.22. The number of fused-ring (bicyclic) bond motifs is 1. The third-order valence-electron chi connectivity index (χ3n) is 3.25. The molecule has 0 atom stereocenters. The van der Waals surface area contributed by atoms with E-state index in [0.717, 1.165) is 16.9 Å². The zero-order valence-corrected chi connectivity index (χ0v) is 12.3. The molecule has 102 valence electrons. The van der Waals surface area contributed by atoms with Gasteiger partial charge in [-0.3, -0.25) is 4.79 Å².